The van der Waals surface area contributed by atoms with Gasteiger partial charge in [0.05, 0.1) is 17.9 Å². The second-order valence-electron chi connectivity index (χ2n) is 10.1. The van der Waals surface area contributed by atoms with Gasteiger partial charge in [0.2, 0.25) is 5.91 Å². The Bertz CT molecular complexity index is 1160. The van der Waals surface area contributed by atoms with Gasteiger partial charge >= 0.3 is 5.97 Å². The first-order valence-corrected chi connectivity index (χ1v) is 12.4. The number of nitrogens with zero attached hydrogens (tertiary/aromatic N) is 2. The van der Waals surface area contributed by atoms with E-state index in [0.29, 0.717) is 32.5 Å². The molecule has 0 bridgehead atoms. The van der Waals surface area contributed by atoms with Gasteiger partial charge in [-0.2, -0.15) is 0 Å². The van der Waals surface area contributed by atoms with Crippen molar-refractivity contribution in [3.05, 3.63) is 69.8 Å². The third kappa shape index (κ3) is 3.89. The zero-order valence-electron chi connectivity index (χ0n) is 19.9. The molecule has 6 heteroatoms. The van der Waals surface area contributed by atoms with Crippen LogP contribution in [0.15, 0.2) is 36.4 Å². The molecular weight excluding hydrogens is 428 g/mol. The van der Waals surface area contributed by atoms with Crippen LogP contribution in [0.5, 0.6) is 0 Å². The third-order valence-electron chi connectivity index (χ3n) is 8.00. The standard InChI is InChI=1S/C28H32N2O4/c1-17-10-11-21-19(14-17)15-29(26(21)31)16-25-22-9-5-6-18(2)20(22)12-13-30(25)27(32)23-7-3-4-8-24(23)28(33)34/h5-6,9-11,14,23-25H,3-4,7-8,12-13,15-16H2,1-2H3,(H,33,34)/t23-,24+,25?/m1/s1. The smallest absolute Gasteiger partial charge is 0.307 e. The number of benzene rings is 2. The van der Waals surface area contributed by atoms with E-state index in [1.165, 1.54) is 11.1 Å². The molecule has 1 fully saturated rings. The first-order valence-electron chi connectivity index (χ1n) is 12.4. The van der Waals surface area contributed by atoms with E-state index >= 15 is 0 Å². The summed E-state index contributed by atoms with van der Waals surface area (Å²) in [6.07, 6.45) is 3.66. The van der Waals surface area contributed by atoms with Crippen molar-refractivity contribution in [2.45, 2.75) is 58.5 Å². The minimum Gasteiger partial charge on any atom is -0.481 e. The number of hydrogen-bond donors (Lipinski definition) is 1. The van der Waals surface area contributed by atoms with Crippen LogP contribution in [0.4, 0.5) is 0 Å². The van der Waals surface area contributed by atoms with E-state index in [-0.39, 0.29) is 17.9 Å². The lowest BCUT2D eigenvalue weighted by molar-refractivity contribution is -0.153. The highest BCUT2D eigenvalue weighted by molar-refractivity contribution is 5.98. The van der Waals surface area contributed by atoms with E-state index in [2.05, 4.69) is 25.1 Å². The van der Waals surface area contributed by atoms with Crippen LogP contribution in [0.1, 0.15) is 69.9 Å². The van der Waals surface area contributed by atoms with E-state index in [1.54, 1.807) is 0 Å². The monoisotopic (exact) mass is 460 g/mol. The summed E-state index contributed by atoms with van der Waals surface area (Å²) < 4.78 is 0. The number of carbonyl (C=O) groups is 3. The number of rotatable bonds is 4. The van der Waals surface area contributed by atoms with Gasteiger partial charge in [-0.15, -0.1) is 0 Å². The Morgan fingerprint density at radius 1 is 1.06 bits per heavy atom. The second-order valence-corrected chi connectivity index (χ2v) is 10.1. The molecule has 2 amide bonds. The van der Waals surface area contributed by atoms with Crippen molar-refractivity contribution in [3.8, 4) is 0 Å². The van der Waals surface area contributed by atoms with Gasteiger partial charge in [0.1, 0.15) is 0 Å². The highest BCUT2D eigenvalue weighted by Gasteiger charge is 2.42. The number of carboxylic acids is 1. The topological polar surface area (TPSA) is 77.9 Å². The quantitative estimate of drug-likeness (QED) is 0.739. The molecule has 0 radical (unpaired) electrons. The second kappa shape index (κ2) is 8.90. The van der Waals surface area contributed by atoms with E-state index in [1.807, 2.05) is 34.9 Å². The molecule has 2 aromatic rings. The zero-order valence-corrected chi connectivity index (χ0v) is 19.9. The maximum atomic E-state index is 13.9. The molecular formula is C28H32N2O4. The van der Waals surface area contributed by atoms with Gasteiger partial charge in [-0.1, -0.05) is 48.7 Å². The van der Waals surface area contributed by atoms with E-state index < -0.39 is 17.8 Å². The molecule has 5 rings (SSSR count). The number of hydrogen-bond acceptors (Lipinski definition) is 3. The summed E-state index contributed by atoms with van der Waals surface area (Å²) in [5, 5.41) is 9.78. The van der Waals surface area contributed by atoms with Crippen LogP contribution in [-0.4, -0.2) is 45.8 Å². The fourth-order valence-corrected chi connectivity index (χ4v) is 6.20. The molecule has 6 nitrogen and oxygen atoms in total. The Labute approximate surface area is 200 Å². The van der Waals surface area contributed by atoms with Crippen LogP contribution in [0.2, 0.25) is 0 Å². The van der Waals surface area contributed by atoms with Crippen molar-refractivity contribution in [2.24, 2.45) is 11.8 Å². The van der Waals surface area contributed by atoms with Gasteiger partial charge in [0.25, 0.3) is 5.91 Å². The van der Waals surface area contributed by atoms with Gasteiger partial charge in [-0.25, -0.2) is 0 Å². The van der Waals surface area contributed by atoms with Crippen LogP contribution in [0, 0.1) is 25.7 Å². The largest absolute Gasteiger partial charge is 0.481 e. The highest BCUT2D eigenvalue weighted by atomic mass is 16.4. The average molecular weight is 461 g/mol. The van der Waals surface area contributed by atoms with Gasteiger partial charge in [0.15, 0.2) is 0 Å². The molecule has 3 aliphatic rings. The fourth-order valence-electron chi connectivity index (χ4n) is 6.20. The summed E-state index contributed by atoms with van der Waals surface area (Å²) in [4.78, 5) is 42.7. The summed E-state index contributed by atoms with van der Waals surface area (Å²) in [6.45, 7) is 5.62. The number of carboxylic acid groups (broad SMARTS) is 1. The van der Waals surface area contributed by atoms with Crippen molar-refractivity contribution >= 4 is 17.8 Å². The predicted octanol–water partition coefficient (Wildman–Crippen LogP) is 4.28. The molecule has 3 atom stereocenters. The number of fused-ring (bicyclic) bond motifs is 2. The van der Waals surface area contributed by atoms with Gasteiger partial charge in [-0.05, 0) is 61.4 Å². The minimum absolute atomic E-state index is 0.00301. The summed E-state index contributed by atoms with van der Waals surface area (Å²) in [5.41, 5.74) is 6.42. The van der Waals surface area contributed by atoms with Crippen LogP contribution in [0.25, 0.3) is 0 Å². The lowest BCUT2D eigenvalue weighted by atomic mass is 9.77. The number of aryl methyl sites for hydroxylation is 2. The van der Waals surface area contributed by atoms with Crippen molar-refractivity contribution in [1.82, 2.24) is 9.80 Å². The van der Waals surface area contributed by atoms with Crippen molar-refractivity contribution in [1.29, 1.82) is 0 Å². The Morgan fingerprint density at radius 3 is 2.59 bits per heavy atom. The Hall–Kier alpha value is -3.15. The van der Waals surface area contributed by atoms with Gasteiger partial charge in [-0.3, -0.25) is 14.4 Å². The van der Waals surface area contributed by atoms with Crippen molar-refractivity contribution in [3.63, 3.8) is 0 Å². The molecule has 0 saturated heterocycles. The maximum Gasteiger partial charge on any atom is 0.307 e. The summed E-state index contributed by atoms with van der Waals surface area (Å²) in [5.74, 6) is -2.05. The minimum atomic E-state index is -0.872. The molecule has 178 valence electrons. The molecule has 0 aromatic heterocycles. The van der Waals surface area contributed by atoms with E-state index in [4.69, 9.17) is 0 Å². The molecule has 1 unspecified atom stereocenters. The summed E-state index contributed by atoms with van der Waals surface area (Å²) in [7, 11) is 0. The number of carbonyl (C=O) groups excluding carboxylic acids is 2. The highest BCUT2D eigenvalue weighted by Crippen LogP contribution is 2.38. The van der Waals surface area contributed by atoms with Gasteiger partial charge in [0, 0.05) is 25.2 Å². The Kier molecular flexibility index (Phi) is 5.92. The van der Waals surface area contributed by atoms with Crippen LogP contribution < -0.4 is 0 Å². The van der Waals surface area contributed by atoms with Crippen molar-refractivity contribution < 1.29 is 19.5 Å². The SMILES string of the molecule is Cc1ccc2c(c1)CN(CC1c3cccc(C)c3CCN1C(=O)[C@@H]1CCCC[C@@H]1C(=O)O)C2=O. The molecule has 2 heterocycles. The molecule has 1 saturated carbocycles. The van der Waals surface area contributed by atoms with Crippen LogP contribution in [-0.2, 0) is 22.6 Å². The van der Waals surface area contributed by atoms with Crippen molar-refractivity contribution in [2.75, 3.05) is 13.1 Å². The molecule has 2 aromatic carbocycles. The van der Waals surface area contributed by atoms with E-state index in [0.717, 1.165) is 41.5 Å². The average Bonchev–Trinajstić information content (AvgIpc) is 3.13. The lowest BCUT2D eigenvalue weighted by Crippen LogP contribution is -2.49. The summed E-state index contributed by atoms with van der Waals surface area (Å²) >= 11 is 0. The normalized spacial score (nSPS) is 24.1. The first-order chi connectivity index (χ1) is 16.3. The molecule has 1 aliphatic carbocycles. The summed E-state index contributed by atoms with van der Waals surface area (Å²) in [6, 6.07) is 11.8. The molecule has 2 aliphatic heterocycles. The zero-order chi connectivity index (χ0) is 24.0. The fraction of sp³-hybridized carbons (Fsp3) is 0.464. The Morgan fingerprint density at radius 2 is 1.82 bits per heavy atom. The molecule has 1 N–H and O–H groups in total. The maximum absolute atomic E-state index is 13.9. The lowest BCUT2D eigenvalue weighted by Gasteiger charge is -2.42. The van der Waals surface area contributed by atoms with Crippen LogP contribution in [0.3, 0.4) is 0 Å². The van der Waals surface area contributed by atoms with Crippen LogP contribution >= 0.6 is 0 Å². The molecule has 34 heavy (non-hydrogen) atoms. The number of aliphatic carboxylic acids is 1. The van der Waals surface area contributed by atoms with E-state index in [9.17, 15) is 19.5 Å². The first kappa shape index (κ1) is 22.6. The number of amides is 2. The predicted molar refractivity (Wildman–Crippen MR) is 128 cm³/mol. The third-order valence-corrected chi connectivity index (χ3v) is 8.00. The van der Waals surface area contributed by atoms with Gasteiger partial charge < -0.3 is 14.9 Å². The Balaban J connectivity index is 1.48. The molecule has 0 spiro atoms.